The summed E-state index contributed by atoms with van der Waals surface area (Å²) in [6.07, 6.45) is 0. The summed E-state index contributed by atoms with van der Waals surface area (Å²) in [5.74, 6) is 0. The van der Waals surface area contributed by atoms with Gasteiger partial charge in [0, 0.05) is 22.0 Å². The maximum Gasteiger partial charge on any atom is 0.248 e. The Hall–Kier alpha value is -5.60. The van der Waals surface area contributed by atoms with Gasteiger partial charge in [0.2, 0.25) is 6.71 Å². The quantitative estimate of drug-likeness (QED) is 0.193. The summed E-state index contributed by atoms with van der Waals surface area (Å²) < 4.78 is 2.54. The monoisotopic (exact) mass is 555 g/mol. The van der Waals surface area contributed by atoms with Crippen LogP contribution in [0.5, 0.6) is 0 Å². The summed E-state index contributed by atoms with van der Waals surface area (Å²) >= 11 is 0. The van der Waals surface area contributed by atoms with Gasteiger partial charge in [0.1, 0.15) is 0 Å². The predicted octanol–water partition coefficient (Wildman–Crippen LogP) is 8.59. The standard InChI is InChI=1S/C42H26BN/c1-4-10-27(11-5-1)30-16-21-37-35(24-30)33-19-20-34-36-25-31(28-12-6-2-7-13-28)17-22-39(36)44-40-23-18-32(29-14-8-3-9-15-29)26-38(40)43(37)41(33)42(34)44/h1-26H. The van der Waals surface area contributed by atoms with Gasteiger partial charge in [0.05, 0.1) is 5.52 Å². The van der Waals surface area contributed by atoms with E-state index in [4.69, 9.17) is 0 Å². The fourth-order valence-corrected chi connectivity index (χ4v) is 7.85. The van der Waals surface area contributed by atoms with Gasteiger partial charge in [0.15, 0.2) is 0 Å². The molecule has 0 amide bonds. The van der Waals surface area contributed by atoms with Crippen LogP contribution < -0.4 is 16.4 Å². The van der Waals surface area contributed by atoms with Crippen molar-refractivity contribution in [3.8, 4) is 50.2 Å². The molecule has 8 aromatic rings. The summed E-state index contributed by atoms with van der Waals surface area (Å²) in [7, 11) is 0. The molecule has 0 atom stereocenters. The highest BCUT2D eigenvalue weighted by atomic mass is 15.0. The minimum atomic E-state index is 0.192. The molecule has 0 spiro atoms. The van der Waals surface area contributed by atoms with Crippen LogP contribution in [0.1, 0.15) is 0 Å². The van der Waals surface area contributed by atoms with Crippen LogP contribution in [0.2, 0.25) is 0 Å². The number of benzene rings is 7. The van der Waals surface area contributed by atoms with E-state index in [2.05, 4.69) is 162 Å². The molecule has 0 saturated heterocycles. The lowest BCUT2D eigenvalue weighted by Gasteiger charge is -2.25. The van der Waals surface area contributed by atoms with Gasteiger partial charge in [-0.15, -0.1) is 0 Å². The Balaban J connectivity index is 1.29. The second kappa shape index (κ2) is 8.95. The molecule has 0 fully saturated rings. The minimum Gasteiger partial charge on any atom is -0.310 e. The Bertz CT molecular complexity index is 2420. The van der Waals surface area contributed by atoms with Crippen LogP contribution >= 0.6 is 0 Å². The van der Waals surface area contributed by atoms with Gasteiger partial charge in [-0.05, 0) is 79.7 Å². The molecule has 0 bridgehead atoms. The number of hydrogen-bond donors (Lipinski definition) is 0. The SMILES string of the molecule is c1ccc(-c2ccc3c(c2)B2c4ccc(-c5ccccc5)cc4-c4ccc5c6cc(-c7ccccc7)ccc6n-3c5c42)cc1. The fourth-order valence-electron chi connectivity index (χ4n) is 7.85. The van der Waals surface area contributed by atoms with Crippen LogP contribution in [0.3, 0.4) is 0 Å². The Labute approximate surface area is 256 Å². The summed E-state index contributed by atoms with van der Waals surface area (Å²) in [5, 5.41) is 2.64. The molecule has 44 heavy (non-hydrogen) atoms. The summed E-state index contributed by atoms with van der Waals surface area (Å²) in [5.41, 5.74) is 18.4. The molecule has 2 aliphatic heterocycles. The summed E-state index contributed by atoms with van der Waals surface area (Å²) in [6, 6.07) is 58.2. The second-order valence-corrected chi connectivity index (χ2v) is 12.1. The molecule has 2 aliphatic rings. The highest BCUT2D eigenvalue weighted by Crippen LogP contribution is 2.40. The second-order valence-electron chi connectivity index (χ2n) is 12.1. The van der Waals surface area contributed by atoms with Gasteiger partial charge < -0.3 is 4.57 Å². The lowest BCUT2D eigenvalue weighted by Crippen LogP contribution is -2.53. The van der Waals surface area contributed by atoms with Crippen molar-refractivity contribution >= 4 is 44.9 Å². The molecule has 3 heterocycles. The normalized spacial score (nSPS) is 12.5. The average Bonchev–Trinajstić information content (AvgIpc) is 3.62. The maximum atomic E-state index is 2.54. The van der Waals surface area contributed by atoms with Gasteiger partial charge >= 0.3 is 0 Å². The zero-order chi connectivity index (χ0) is 28.8. The zero-order valence-corrected chi connectivity index (χ0v) is 24.0. The van der Waals surface area contributed by atoms with E-state index in [1.807, 2.05) is 0 Å². The lowest BCUT2D eigenvalue weighted by atomic mass is 9.37. The van der Waals surface area contributed by atoms with Crippen molar-refractivity contribution in [2.24, 2.45) is 0 Å². The van der Waals surface area contributed by atoms with Crippen LogP contribution in [0.15, 0.2) is 158 Å². The van der Waals surface area contributed by atoms with Crippen LogP contribution in [0.25, 0.3) is 72.0 Å². The molecule has 202 valence electrons. The molecule has 10 rings (SSSR count). The van der Waals surface area contributed by atoms with Gasteiger partial charge in [-0.3, -0.25) is 0 Å². The molecule has 0 aliphatic carbocycles. The molecule has 0 radical (unpaired) electrons. The Morgan fingerprint density at radius 3 is 1.66 bits per heavy atom. The average molecular weight is 555 g/mol. The van der Waals surface area contributed by atoms with Crippen LogP contribution in [0, 0.1) is 0 Å². The number of rotatable bonds is 3. The molecular formula is C42H26BN. The first kappa shape index (κ1) is 23.9. The molecule has 0 saturated carbocycles. The summed E-state index contributed by atoms with van der Waals surface area (Å²) in [6.45, 7) is 0.192. The van der Waals surface area contributed by atoms with E-state index in [-0.39, 0.29) is 6.71 Å². The van der Waals surface area contributed by atoms with E-state index in [1.165, 1.54) is 88.4 Å². The molecule has 1 aromatic heterocycles. The Morgan fingerprint density at radius 1 is 0.386 bits per heavy atom. The van der Waals surface area contributed by atoms with E-state index < -0.39 is 0 Å². The van der Waals surface area contributed by atoms with Crippen molar-refractivity contribution < 1.29 is 0 Å². The minimum absolute atomic E-state index is 0.192. The fraction of sp³-hybridized carbons (Fsp3) is 0. The Morgan fingerprint density at radius 2 is 0.977 bits per heavy atom. The van der Waals surface area contributed by atoms with Crippen LogP contribution in [0.4, 0.5) is 0 Å². The first-order valence-corrected chi connectivity index (χ1v) is 15.4. The molecule has 2 heteroatoms. The number of fused-ring (bicyclic) bond motifs is 9. The van der Waals surface area contributed by atoms with E-state index in [9.17, 15) is 0 Å². The largest absolute Gasteiger partial charge is 0.310 e. The molecule has 0 N–H and O–H groups in total. The van der Waals surface area contributed by atoms with Crippen molar-refractivity contribution in [1.82, 2.24) is 4.57 Å². The van der Waals surface area contributed by atoms with Crippen molar-refractivity contribution in [2.45, 2.75) is 0 Å². The van der Waals surface area contributed by atoms with E-state index >= 15 is 0 Å². The number of nitrogens with zero attached hydrogens (tertiary/aromatic N) is 1. The Kier molecular flexibility index (Phi) is 4.87. The van der Waals surface area contributed by atoms with Gasteiger partial charge in [0.25, 0.3) is 0 Å². The highest BCUT2D eigenvalue weighted by Gasteiger charge is 2.41. The summed E-state index contributed by atoms with van der Waals surface area (Å²) in [4.78, 5) is 0. The van der Waals surface area contributed by atoms with Gasteiger partial charge in [-0.2, -0.15) is 0 Å². The van der Waals surface area contributed by atoms with Crippen molar-refractivity contribution in [3.63, 3.8) is 0 Å². The van der Waals surface area contributed by atoms with Crippen molar-refractivity contribution in [1.29, 1.82) is 0 Å². The molecule has 7 aromatic carbocycles. The number of aromatic nitrogens is 1. The lowest BCUT2D eigenvalue weighted by molar-refractivity contribution is 1.19. The van der Waals surface area contributed by atoms with Gasteiger partial charge in [-0.25, -0.2) is 0 Å². The van der Waals surface area contributed by atoms with Crippen LogP contribution in [-0.4, -0.2) is 11.3 Å². The predicted molar refractivity (Wildman–Crippen MR) is 187 cm³/mol. The maximum absolute atomic E-state index is 2.54. The third-order valence-electron chi connectivity index (χ3n) is 9.81. The van der Waals surface area contributed by atoms with E-state index in [0.717, 1.165) is 0 Å². The number of hydrogen-bond acceptors (Lipinski definition) is 0. The van der Waals surface area contributed by atoms with E-state index in [1.54, 1.807) is 0 Å². The van der Waals surface area contributed by atoms with Crippen LogP contribution in [-0.2, 0) is 0 Å². The molecule has 1 nitrogen and oxygen atoms in total. The highest BCUT2D eigenvalue weighted by molar-refractivity contribution is 7.01. The smallest absolute Gasteiger partial charge is 0.248 e. The third-order valence-corrected chi connectivity index (χ3v) is 9.81. The molecular weight excluding hydrogens is 529 g/mol. The third kappa shape index (κ3) is 3.25. The van der Waals surface area contributed by atoms with Gasteiger partial charge in [-0.1, -0.05) is 139 Å². The van der Waals surface area contributed by atoms with Crippen molar-refractivity contribution in [2.75, 3.05) is 0 Å². The molecule has 0 unspecified atom stereocenters. The van der Waals surface area contributed by atoms with Crippen molar-refractivity contribution in [3.05, 3.63) is 158 Å². The topological polar surface area (TPSA) is 4.93 Å². The van der Waals surface area contributed by atoms with E-state index in [0.29, 0.717) is 0 Å². The zero-order valence-electron chi connectivity index (χ0n) is 24.0. The first-order valence-electron chi connectivity index (χ1n) is 15.4. The first-order chi connectivity index (χ1) is 21.8.